The van der Waals surface area contributed by atoms with Gasteiger partial charge in [-0.2, -0.15) is 0 Å². The number of hydrogen-bond donors (Lipinski definition) is 1. The number of ketones is 1. The van der Waals surface area contributed by atoms with E-state index in [4.69, 9.17) is 5.11 Å². The van der Waals surface area contributed by atoms with Crippen LogP contribution < -0.4 is 0 Å². The minimum Gasteiger partial charge on any atom is -0.481 e. The Morgan fingerprint density at radius 3 is 2.29 bits per heavy atom. The second kappa shape index (κ2) is 2.38. The molecule has 0 aromatic carbocycles. The Bertz CT molecular complexity index is 318. The number of fused-ring (bicyclic) bond motifs is 2. The average Bonchev–Trinajstić information content (AvgIpc) is 2.35. The largest absolute Gasteiger partial charge is 0.481 e. The SMILES string of the molecule is CC1(C)[C@@H]2CC[C@@]1(C)C(=O)[C@H]2C(=O)O. The summed E-state index contributed by atoms with van der Waals surface area (Å²) in [6.45, 7) is 6.00. The van der Waals surface area contributed by atoms with Gasteiger partial charge in [0.15, 0.2) is 5.78 Å². The fraction of sp³-hybridized carbons (Fsp3) is 0.818. The van der Waals surface area contributed by atoms with Crippen molar-refractivity contribution in [2.75, 3.05) is 0 Å². The number of carbonyl (C=O) groups is 2. The molecule has 0 heterocycles. The van der Waals surface area contributed by atoms with Crippen LogP contribution >= 0.6 is 0 Å². The van der Waals surface area contributed by atoms with Gasteiger partial charge in [0.05, 0.1) is 0 Å². The molecule has 0 aliphatic heterocycles. The van der Waals surface area contributed by atoms with Crippen LogP contribution in [-0.2, 0) is 9.59 Å². The predicted molar refractivity (Wildman–Crippen MR) is 50.7 cm³/mol. The molecule has 78 valence electrons. The van der Waals surface area contributed by atoms with Crippen molar-refractivity contribution in [1.82, 2.24) is 0 Å². The van der Waals surface area contributed by atoms with Crippen molar-refractivity contribution in [3.63, 3.8) is 0 Å². The maximum absolute atomic E-state index is 12.0. The van der Waals surface area contributed by atoms with Crippen LogP contribution in [0.5, 0.6) is 0 Å². The van der Waals surface area contributed by atoms with Crippen molar-refractivity contribution in [2.45, 2.75) is 33.6 Å². The average molecular weight is 196 g/mol. The van der Waals surface area contributed by atoms with Gasteiger partial charge in [-0.05, 0) is 24.2 Å². The molecule has 2 fully saturated rings. The molecular formula is C11H16O3. The number of rotatable bonds is 1. The highest BCUT2D eigenvalue weighted by atomic mass is 16.4. The first-order valence-corrected chi connectivity index (χ1v) is 5.09. The lowest BCUT2D eigenvalue weighted by atomic mass is 9.70. The zero-order chi connectivity index (χ0) is 10.7. The van der Waals surface area contributed by atoms with Crippen LogP contribution in [0.2, 0.25) is 0 Å². The first-order valence-electron chi connectivity index (χ1n) is 5.09. The molecule has 3 heteroatoms. The highest BCUT2D eigenvalue weighted by Gasteiger charge is 2.68. The normalized spacial score (nSPS) is 44.4. The predicted octanol–water partition coefficient (Wildman–Crippen LogP) is 1.71. The van der Waals surface area contributed by atoms with E-state index in [-0.39, 0.29) is 17.1 Å². The van der Waals surface area contributed by atoms with Crippen molar-refractivity contribution in [2.24, 2.45) is 22.7 Å². The molecule has 0 spiro atoms. The zero-order valence-corrected chi connectivity index (χ0v) is 8.83. The standard InChI is InChI=1S/C11H16O3/c1-10(2)6-4-5-11(10,3)8(12)7(6)9(13)14/h6-7H,4-5H2,1-3H3,(H,13,14)/t6-,7+,11+/m1/s1. The van der Waals surface area contributed by atoms with Gasteiger partial charge in [-0.1, -0.05) is 20.8 Å². The fourth-order valence-corrected chi connectivity index (χ4v) is 3.37. The molecule has 2 aliphatic carbocycles. The summed E-state index contributed by atoms with van der Waals surface area (Å²) < 4.78 is 0. The highest BCUT2D eigenvalue weighted by molar-refractivity contribution is 6.04. The highest BCUT2D eigenvalue weighted by Crippen LogP contribution is 2.65. The molecule has 0 aromatic heterocycles. The first kappa shape index (κ1) is 9.69. The number of carboxylic acid groups (broad SMARTS) is 1. The first-order chi connectivity index (χ1) is 6.32. The van der Waals surface area contributed by atoms with Crippen LogP contribution in [0.1, 0.15) is 33.6 Å². The minimum atomic E-state index is -0.934. The molecule has 2 aliphatic rings. The van der Waals surface area contributed by atoms with Gasteiger partial charge in [0.2, 0.25) is 0 Å². The quantitative estimate of drug-likeness (QED) is 0.649. The Labute approximate surface area is 83.5 Å². The van der Waals surface area contributed by atoms with E-state index < -0.39 is 17.3 Å². The number of carbonyl (C=O) groups excluding carboxylic acids is 1. The summed E-state index contributed by atoms with van der Waals surface area (Å²) >= 11 is 0. The Morgan fingerprint density at radius 1 is 1.43 bits per heavy atom. The van der Waals surface area contributed by atoms with Crippen LogP contribution in [-0.4, -0.2) is 16.9 Å². The minimum absolute atomic E-state index is 0.0394. The molecule has 0 aromatic rings. The Kier molecular flexibility index (Phi) is 1.65. The van der Waals surface area contributed by atoms with Gasteiger partial charge >= 0.3 is 5.97 Å². The molecular weight excluding hydrogens is 180 g/mol. The van der Waals surface area contributed by atoms with Crippen molar-refractivity contribution < 1.29 is 14.7 Å². The van der Waals surface area contributed by atoms with E-state index in [1.165, 1.54) is 0 Å². The number of carboxylic acids is 1. The molecule has 0 saturated heterocycles. The molecule has 2 rings (SSSR count). The van der Waals surface area contributed by atoms with Crippen molar-refractivity contribution in [3.8, 4) is 0 Å². The van der Waals surface area contributed by atoms with Crippen LogP contribution in [0.3, 0.4) is 0 Å². The van der Waals surface area contributed by atoms with Crippen LogP contribution in [0.4, 0.5) is 0 Å². The van der Waals surface area contributed by atoms with E-state index in [0.717, 1.165) is 12.8 Å². The molecule has 3 nitrogen and oxygen atoms in total. The topological polar surface area (TPSA) is 54.4 Å². The van der Waals surface area contributed by atoms with Gasteiger partial charge in [0.25, 0.3) is 0 Å². The Morgan fingerprint density at radius 2 is 2.00 bits per heavy atom. The lowest BCUT2D eigenvalue weighted by Crippen LogP contribution is -2.35. The third kappa shape index (κ3) is 0.787. The van der Waals surface area contributed by atoms with Gasteiger partial charge in [-0.25, -0.2) is 0 Å². The lowest BCUT2D eigenvalue weighted by Gasteiger charge is -2.32. The van der Waals surface area contributed by atoms with E-state index >= 15 is 0 Å². The third-order valence-corrected chi connectivity index (χ3v) is 4.80. The summed E-state index contributed by atoms with van der Waals surface area (Å²) in [7, 11) is 0. The van der Waals surface area contributed by atoms with E-state index in [2.05, 4.69) is 0 Å². The second-order valence-corrected chi connectivity index (χ2v) is 5.38. The van der Waals surface area contributed by atoms with Crippen LogP contribution in [0.25, 0.3) is 0 Å². The molecule has 2 bridgehead atoms. The van der Waals surface area contributed by atoms with Crippen molar-refractivity contribution >= 4 is 11.8 Å². The Balaban J connectivity index is 2.49. The smallest absolute Gasteiger partial charge is 0.314 e. The monoisotopic (exact) mass is 196 g/mol. The van der Waals surface area contributed by atoms with Crippen LogP contribution in [0.15, 0.2) is 0 Å². The fourth-order valence-electron chi connectivity index (χ4n) is 3.37. The van der Waals surface area contributed by atoms with Crippen molar-refractivity contribution in [1.29, 1.82) is 0 Å². The van der Waals surface area contributed by atoms with Gasteiger partial charge in [0.1, 0.15) is 5.92 Å². The molecule has 0 unspecified atom stereocenters. The van der Waals surface area contributed by atoms with E-state index in [0.29, 0.717) is 0 Å². The number of aliphatic carboxylic acids is 1. The third-order valence-electron chi connectivity index (χ3n) is 4.80. The van der Waals surface area contributed by atoms with E-state index in [1.807, 2.05) is 20.8 Å². The Hall–Kier alpha value is -0.860. The molecule has 3 atom stereocenters. The molecule has 14 heavy (non-hydrogen) atoms. The second-order valence-electron chi connectivity index (χ2n) is 5.38. The van der Waals surface area contributed by atoms with Gasteiger partial charge < -0.3 is 5.11 Å². The van der Waals surface area contributed by atoms with Gasteiger partial charge in [0, 0.05) is 5.41 Å². The lowest BCUT2D eigenvalue weighted by molar-refractivity contribution is -0.149. The summed E-state index contributed by atoms with van der Waals surface area (Å²) in [6.07, 6.45) is 1.74. The number of Topliss-reactive ketones (excluding diaryl/α,β-unsaturated/α-hetero) is 1. The molecule has 1 N–H and O–H groups in total. The molecule has 2 saturated carbocycles. The summed E-state index contributed by atoms with van der Waals surface area (Å²) in [5, 5.41) is 9.03. The van der Waals surface area contributed by atoms with Gasteiger partial charge in [-0.3, -0.25) is 9.59 Å². The van der Waals surface area contributed by atoms with Crippen LogP contribution in [0, 0.1) is 22.7 Å². The summed E-state index contributed by atoms with van der Waals surface area (Å²) in [5.41, 5.74) is -0.548. The summed E-state index contributed by atoms with van der Waals surface area (Å²) in [5.74, 6) is -1.69. The van der Waals surface area contributed by atoms with Gasteiger partial charge in [-0.15, -0.1) is 0 Å². The summed E-state index contributed by atoms with van der Waals surface area (Å²) in [4.78, 5) is 23.0. The van der Waals surface area contributed by atoms with E-state index in [1.54, 1.807) is 0 Å². The molecule has 0 radical (unpaired) electrons. The maximum atomic E-state index is 12.0. The van der Waals surface area contributed by atoms with Crippen molar-refractivity contribution in [3.05, 3.63) is 0 Å². The summed E-state index contributed by atoms with van der Waals surface area (Å²) in [6, 6.07) is 0. The number of hydrogen-bond acceptors (Lipinski definition) is 2. The zero-order valence-electron chi connectivity index (χ0n) is 8.83. The van der Waals surface area contributed by atoms with E-state index in [9.17, 15) is 9.59 Å². The molecule has 0 amide bonds. The maximum Gasteiger partial charge on any atom is 0.314 e.